The van der Waals surface area contributed by atoms with Gasteiger partial charge in [-0.3, -0.25) is 4.98 Å². The molecule has 2 amide bonds. The van der Waals surface area contributed by atoms with Crippen LogP contribution < -0.4 is 10.2 Å². The molecular formula is C25H23F5N6O2. The number of aromatic nitrogens is 3. The predicted molar refractivity (Wildman–Crippen MR) is 128 cm³/mol. The van der Waals surface area contributed by atoms with Gasteiger partial charge < -0.3 is 15.1 Å². The molecule has 3 heterocycles. The van der Waals surface area contributed by atoms with Crippen molar-refractivity contribution >= 4 is 17.4 Å². The van der Waals surface area contributed by atoms with Crippen molar-refractivity contribution in [3.05, 3.63) is 77.1 Å². The summed E-state index contributed by atoms with van der Waals surface area (Å²) < 4.78 is 66.6. The highest BCUT2D eigenvalue weighted by Crippen LogP contribution is 2.31. The molecule has 1 aliphatic rings. The Morgan fingerprint density at radius 2 is 1.82 bits per heavy atom. The van der Waals surface area contributed by atoms with Gasteiger partial charge in [0.05, 0.1) is 11.4 Å². The van der Waals surface area contributed by atoms with Crippen LogP contribution >= 0.6 is 0 Å². The van der Waals surface area contributed by atoms with Gasteiger partial charge in [-0.25, -0.2) is 23.5 Å². The first kappa shape index (κ1) is 26.9. The summed E-state index contributed by atoms with van der Waals surface area (Å²) in [6, 6.07) is 4.71. The number of benzene rings is 1. The summed E-state index contributed by atoms with van der Waals surface area (Å²) in [4.78, 5) is 31.3. The summed E-state index contributed by atoms with van der Waals surface area (Å²) in [5, 5.41) is 6.26. The Labute approximate surface area is 214 Å². The molecular weight excluding hydrogens is 511 g/mol. The fourth-order valence-corrected chi connectivity index (χ4v) is 4.03. The van der Waals surface area contributed by atoms with E-state index in [0.717, 1.165) is 24.4 Å². The van der Waals surface area contributed by atoms with Gasteiger partial charge in [0.1, 0.15) is 28.8 Å². The molecule has 13 heteroatoms. The summed E-state index contributed by atoms with van der Waals surface area (Å²) in [5.41, 5.74) is -0.0432. The van der Waals surface area contributed by atoms with Crippen molar-refractivity contribution in [1.29, 1.82) is 0 Å². The van der Waals surface area contributed by atoms with Crippen LogP contribution in [0.15, 0.2) is 47.9 Å². The molecule has 0 unspecified atom stereocenters. The number of carbonyl (C=O) groups is 1. The van der Waals surface area contributed by atoms with Crippen LogP contribution in [0.1, 0.15) is 48.5 Å². The Balaban J connectivity index is 1.46. The van der Waals surface area contributed by atoms with Gasteiger partial charge in [0.2, 0.25) is 0 Å². The third kappa shape index (κ3) is 6.21. The number of oxime groups is 1. The SMILES string of the molecule is C/C(=N\Oc1ccnc(C(F)(F)F)c1)c1cnc(C)nc1C1CCN(C(=O)Nc2c(F)cccc2F)CC1. The number of urea groups is 1. The number of nitrogens with zero attached hydrogens (tertiary/aromatic N) is 5. The van der Waals surface area contributed by atoms with Crippen LogP contribution in [0.25, 0.3) is 0 Å². The molecule has 2 aromatic heterocycles. The molecule has 0 saturated carbocycles. The molecule has 1 N–H and O–H groups in total. The number of alkyl halides is 3. The molecule has 1 saturated heterocycles. The van der Waals surface area contributed by atoms with E-state index >= 15 is 0 Å². The van der Waals surface area contributed by atoms with Crippen molar-refractivity contribution in [1.82, 2.24) is 19.9 Å². The first-order chi connectivity index (χ1) is 18.0. The normalized spacial score (nSPS) is 14.9. The lowest BCUT2D eigenvalue weighted by Gasteiger charge is -2.32. The van der Waals surface area contributed by atoms with E-state index in [1.807, 2.05) is 0 Å². The van der Waals surface area contributed by atoms with E-state index in [4.69, 9.17) is 4.84 Å². The Morgan fingerprint density at radius 1 is 1.13 bits per heavy atom. The Kier molecular flexibility index (Phi) is 7.83. The number of anilines is 1. The monoisotopic (exact) mass is 534 g/mol. The van der Waals surface area contributed by atoms with Crippen LogP contribution in [0.4, 0.5) is 32.4 Å². The third-order valence-electron chi connectivity index (χ3n) is 6.00. The lowest BCUT2D eigenvalue weighted by molar-refractivity contribution is -0.141. The van der Waals surface area contributed by atoms with Crippen LogP contribution in [-0.4, -0.2) is 44.7 Å². The lowest BCUT2D eigenvalue weighted by atomic mass is 9.90. The highest BCUT2D eigenvalue weighted by molar-refractivity contribution is 5.99. The largest absolute Gasteiger partial charge is 0.433 e. The van der Waals surface area contributed by atoms with E-state index in [0.29, 0.717) is 48.7 Å². The zero-order valence-corrected chi connectivity index (χ0v) is 20.4. The van der Waals surface area contributed by atoms with E-state index in [2.05, 4.69) is 25.4 Å². The number of hydrogen-bond acceptors (Lipinski definition) is 6. The van der Waals surface area contributed by atoms with E-state index in [1.165, 1.54) is 17.0 Å². The van der Waals surface area contributed by atoms with Crippen LogP contribution in [0.2, 0.25) is 0 Å². The highest BCUT2D eigenvalue weighted by atomic mass is 19.4. The minimum absolute atomic E-state index is 0.0937. The van der Waals surface area contributed by atoms with Crippen molar-refractivity contribution < 1.29 is 31.6 Å². The second kappa shape index (κ2) is 11.1. The first-order valence-corrected chi connectivity index (χ1v) is 11.6. The van der Waals surface area contributed by atoms with Crippen LogP contribution in [0.5, 0.6) is 5.75 Å². The van der Waals surface area contributed by atoms with E-state index in [-0.39, 0.29) is 11.7 Å². The number of amides is 2. The van der Waals surface area contributed by atoms with Gasteiger partial charge >= 0.3 is 12.2 Å². The summed E-state index contributed by atoms with van der Waals surface area (Å²) in [6.45, 7) is 3.95. The molecule has 1 fully saturated rings. The number of pyridine rings is 1. The average molecular weight is 534 g/mol. The Hall–Kier alpha value is -4.16. The molecule has 4 rings (SSSR count). The average Bonchev–Trinajstić information content (AvgIpc) is 2.89. The van der Waals surface area contributed by atoms with E-state index < -0.39 is 35.2 Å². The molecule has 0 spiro atoms. The van der Waals surface area contributed by atoms with Crippen molar-refractivity contribution in [2.24, 2.45) is 5.16 Å². The molecule has 0 atom stereocenters. The molecule has 3 aromatic rings. The number of rotatable bonds is 5. The maximum absolute atomic E-state index is 13.9. The smallest absolute Gasteiger partial charge is 0.357 e. The number of aryl methyl sites for hydroxylation is 1. The second-order valence-electron chi connectivity index (χ2n) is 8.65. The molecule has 200 valence electrons. The summed E-state index contributed by atoms with van der Waals surface area (Å²) in [6.07, 6.45) is -1.07. The van der Waals surface area contributed by atoms with Crippen molar-refractivity contribution in [2.45, 2.75) is 38.8 Å². The van der Waals surface area contributed by atoms with Crippen LogP contribution in [0.3, 0.4) is 0 Å². The zero-order valence-electron chi connectivity index (χ0n) is 20.4. The molecule has 8 nitrogen and oxygen atoms in total. The Bertz CT molecular complexity index is 1340. The molecule has 0 radical (unpaired) electrons. The number of piperidine rings is 1. The van der Waals surface area contributed by atoms with Crippen LogP contribution in [-0.2, 0) is 6.18 Å². The fraction of sp³-hybridized carbons (Fsp3) is 0.320. The number of halogens is 5. The molecule has 1 aromatic carbocycles. The summed E-state index contributed by atoms with van der Waals surface area (Å²) >= 11 is 0. The van der Waals surface area contributed by atoms with Crippen molar-refractivity contribution in [3.63, 3.8) is 0 Å². The van der Waals surface area contributed by atoms with Gasteiger partial charge in [-0.15, -0.1) is 0 Å². The highest BCUT2D eigenvalue weighted by Gasteiger charge is 2.33. The minimum atomic E-state index is -4.62. The quantitative estimate of drug-likeness (QED) is 0.258. The van der Waals surface area contributed by atoms with Gasteiger partial charge in [0, 0.05) is 49.1 Å². The van der Waals surface area contributed by atoms with Gasteiger partial charge in [0.15, 0.2) is 5.75 Å². The van der Waals surface area contributed by atoms with Crippen molar-refractivity contribution in [2.75, 3.05) is 18.4 Å². The minimum Gasteiger partial charge on any atom is -0.357 e. The van der Waals surface area contributed by atoms with Gasteiger partial charge in [0.25, 0.3) is 0 Å². The number of carbonyl (C=O) groups excluding carboxylic acids is 1. The molecule has 0 bridgehead atoms. The topological polar surface area (TPSA) is 92.6 Å². The first-order valence-electron chi connectivity index (χ1n) is 11.6. The lowest BCUT2D eigenvalue weighted by Crippen LogP contribution is -2.41. The van der Waals surface area contributed by atoms with Crippen molar-refractivity contribution in [3.8, 4) is 5.75 Å². The molecule has 0 aliphatic carbocycles. The van der Waals surface area contributed by atoms with Gasteiger partial charge in [-0.2, -0.15) is 13.2 Å². The van der Waals surface area contributed by atoms with E-state index in [1.54, 1.807) is 20.0 Å². The van der Waals surface area contributed by atoms with Gasteiger partial charge in [-0.05, 0) is 38.8 Å². The summed E-state index contributed by atoms with van der Waals surface area (Å²) in [5.74, 6) is -1.45. The summed E-state index contributed by atoms with van der Waals surface area (Å²) in [7, 11) is 0. The Morgan fingerprint density at radius 3 is 2.47 bits per heavy atom. The number of nitrogens with one attached hydrogen (secondary N) is 1. The number of hydrogen-bond donors (Lipinski definition) is 1. The predicted octanol–water partition coefficient (Wildman–Crippen LogP) is 5.69. The maximum atomic E-state index is 13.9. The number of likely N-dealkylation sites (tertiary alicyclic amines) is 1. The van der Waals surface area contributed by atoms with Gasteiger partial charge in [-0.1, -0.05) is 11.2 Å². The third-order valence-corrected chi connectivity index (χ3v) is 6.00. The molecule has 38 heavy (non-hydrogen) atoms. The zero-order chi connectivity index (χ0) is 27.4. The van der Waals surface area contributed by atoms with Crippen LogP contribution in [0, 0.1) is 18.6 Å². The van der Waals surface area contributed by atoms with E-state index in [9.17, 15) is 26.7 Å². The fourth-order valence-electron chi connectivity index (χ4n) is 4.03. The second-order valence-corrected chi connectivity index (χ2v) is 8.65. The number of para-hydroxylation sites is 1. The molecule has 1 aliphatic heterocycles. The standard InChI is InChI=1S/C25H23F5N6O2/c1-14(35-38-17-6-9-31-21(12-17)25(28,29)30)18-13-32-15(2)33-22(18)16-7-10-36(11-8-16)24(37)34-23-19(26)4-3-5-20(23)27/h3-6,9,12-13,16H,7-8,10-11H2,1-2H3,(H,34,37)/b35-14+. The maximum Gasteiger partial charge on any atom is 0.433 e.